The van der Waals surface area contributed by atoms with Gasteiger partial charge in [-0.3, -0.25) is 0 Å². The Morgan fingerprint density at radius 2 is 1.22 bits per heavy atom. The van der Waals surface area contributed by atoms with Crippen molar-refractivity contribution in [3.63, 3.8) is 0 Å². The Kier molecular flexibility index (Phi) is 14.6. The molecule has 1 aliphatic rings. The van der Waals surface area contributed by atoms with Crippen LogP contribution in [0.15, 0.2) is 60.7 Å². The maximum atomic E-state index is 11.5. The van der Waals surface area contributed by atoms with Gasteiger partial charge in [-0.15, -0.1) is 0 Å². The van der Waals surface area contributed by atoms with Crippen LogP contribution in [0.1, 0.15) is 70.9 Å². The fourth-order valence-electron chi connectivity index (χ4n) is 3.86. The van der Waals surface area contributed by atoms with Crippen LogP contribution in [0.4, 0.5) is 5.69 Å². The van der Waals surface area contributed by atoms with Crippen molar-refractivity contribution in [3.05, 3.63) is 71.8 Å². The zero-order chi connectivity index (χ0) is 28.0. The molecule has 0 saturated carbocycles. The Morgan fingerprint density at radius 1 is 0.757 bits per heavy atom. The normalized spacial score (nSPS) is 12.5. The molecule has 0 bridgehead atoms. The van der Waals surface area contributed by atoms with Gasteiger partial charge < -0.3 is 0 Å². The number of carbonyl (C=O) groups excluding carboxylic acids is 2. The van der Waals surface area contributed by atoms with Gasteiger partial charge in [-0.05, 0) is 35.7 Å². The van der Waals surface area contributed by atoms with E-state index in [0.717, 1.165) is 5.69 Å². The Hall–Kier alpha value is -2.34. The van der Waals surface area contributed by atoms with Crippen LogP contribution < -0.4 is 14.0 Å². The SMILES string of the molecule is CC.CCCCCC.Cc1ccc(C)c2ccccc12.[CH3][Sn]([CH3])([CH3])[c]1ccc(N2NC(=O)CC2=O)cc1. The van der Waals surface area contributed by atoms with Crippen molar-refractivity contribution < 1.29 is 9.59 Å². The molecule has 0 unspecified atom stereocenters. The molecule has 2 amide bonds. The van der Waals surface area contributed by atoms with E-state index in [1.165, 1.54) is 56.2 Å². The topological polar surface area (TPSA) is 49.4 Å². The van der Waals surface area contributed by atoms with Crippen molar-refractivity contribution in [2.24, 2.45) is 0 Å². The molecule has 0 aliphatic carbocycles. The number of unbranched alkanes of at least 4 members (excludes halogenated alkanes) is 3. The van der Waals surface area contributed by atoms with E-state index in [-0.39, 0.29) is 18.2 Å². The van der Waals surface area contributed by atoms with Crippen molar-refractivity contribution in [1.82, 2.24) is 5.43 Å². The summed E-state index contributed by atoms with van der Waals surface area (Å²) in [5, 5.41) is 4.07. The molecule has 0 radical (unpaired) electrons. The van der Waals surface area contributed by atoms with Gasteiger partial charge in [-0.2, -0.15) is 0 Å². The second-order valence-corrected chi connectivity index (χ2v) is 24.7. The molecule has 1 heterocycles. The number of amides is 2. The predicted molar refractivity (Wildman–Crippen MR) is 164 cm³/mol. The minimum absolute atomic E-state index is 0.0553. The van der Waals surface area contributed by atoms with E-state index in [4.69, 9.17) is 0 Å². The van der Waals surface area contributed by atoms with Crippen LogP contribution in [0.3, 0.4) is 0 Å². The van der Waals surface area contributed by atoms with Gasteiger partial charge in [0, 0.05) is 0 Å². The predicted octanol–water partition coefficient (Wildman–Crippen LogP) is 8.07. The second kappa shape index (κ2) is 16.5. The number of nitrogens with zero attached hydrogens (tertiary/aromatic N) is 1. The summed E-state index contributed by atoms with van der Waals surface area (Å²) < 4.78 is 1.40. The number of carbonyl (C=O) groups is 2. The molecule has 1 aliphatic heterocycles. The van der Waals surface area contributed by atoms with E-state index in [1.54, 1.807) is 0 Å². The van der Waals surface area contributed by atoms with Crippen LogP contribution in [0.2, 0.25) is 14.8 Å². The number of rotatable bonds is 5. The first-order valence-corrected chi connectivity index (χ1v) is 23.7. The van der Waals surface area contributed by atoms with E-state index in [2.05, 4.69) is 96.5 Å². The van der Waals surface area contributed by atoms with Gasteiger partial charge >= 0.3 is 105 Å². The summed E-state index contributed by atoms with van der Waals surface area (Å²) in [6.07, 6.45) is 5.48. The second-order valence-electron chi connectivity index (χ2n) is 10.2. The maximum absolute atomic E-state index is 11.5. The van der Waals surface area contributed by atoms with Crippen LogP contribution >= 0.6 is 0 Å². The van der Waals surface area contributed by atoms with Crippen molar-refractivity contribution in [1.29, 1.82) is 0 Å². The van der Waals surface area contributed by atoms with Crippen molar-refractivity contribution >= 4 is 50.2 Å². The minimum atomic E-state index is -2.03. The van der Waals surface area contributed by atoms with E-state index in [0.29, 0.717) is 0 Å². The zero-order valence-corrected chi connectivity index (χ0v) is 27.4. The number of benzene rings is 3. The first kappa shape index (κ1) is 32.7. The van der Waals surface area contributed by atoms with Gasteiger partial charge in [0.1, 0.15) is 0 Å². The summed E-state index contributed by atoms with van der Waals surface area (Å²) in [5.74, 6) is -0.434. The number of hydrazine groups is 1. The summed E-state index contributed by atoms with van der Waals surface area (Å²) in [7, 11) is 0. The molecule has 1 N–H and O–H groups in total. The zero-order valence-electron chi connectivity index (χ0n) is 24.6. The number of fused-ring (bicyclic) bond motifs is 1. The van der Waals surface area contributed by atoms with E-state index < -0.39 is 18.4 Å². The standard InChI is InChI=1S/C12H12.C9H7N2O2.C6H14.C2H6.3CH3.Sn/c1-9-7-8-10(2)12-6-4-3-5-11(9)12;12-8-6-9(13)11(10-8)7-4-2-1-3-5-7;1-3-5-6-4-2;1-2;;;;/h3-8H,1-2H3;2-5H,6H2,(H,10,12);3-6H2,1-2H3;1-2H3;3*1H3;. The molecule has 3 aromatic carbocycles. The van der Waals surface area contributed by atoms with Crippen LogP contribution in [-0.4, -0.2) is 30.2 Å². The Balaban J connectivity index is 0.000000298. The van der Waals surface area contributed by atoms with E-state index in [9.17, 15) is 9.59 Å². The molecule has 202 valence electrons. The third-order valence-corrected chi connectivity index (χ3v) is 12.0. The number of hydrogen-bond acceptors (Lipinski definition) is 2. The van der Waals surface area contributed by atoms with Crippen LogP contribution in [0.5, 0.6) is 0 Å². The van der Waals surface area contributed by atoms with Gasteiger partial charge in [0.25, 0.3) is 0 Å². The molecule has 37 heavy (non-hydrogen) atoms. The van der Waals surface area contributed by atoms with Crippen LogP contribution in [0, 0.1) is 13.8 Å². The quantitative estimate of drug-likeness (QED) is 0.180. The molecule has 5 heteroatoms. The third kappa shape index (κ3) is 10.5. The molecule has 0 spiro atoms. The van der Waals surface area contributed by atoms with Gasteiger partial charge in [0.05, 0.1) is 0 Å². The molecule has 3 aromatic rings. The summed E-state index contributed by atoms with van der Waals surface area (Å²) in [6.45, 7) is 12.8. The molecule has 4 nitrogen and oxygen atoms in total. The molecule has 1 saturated heterocycles. The Bertz CT molecular complexity index is 1070. The number of aryl methyl sites for hydroxylation is 2. The van der Waals surface area contributed by atoms with Gasteiger partial charge in [0.15, 0.2) is 0 Å². The molecule has 0 atom stereocenters. The fourth-order valence-corrected chi connectivity index (χ4v) is 7.19. The average Bonchev–Trinajstić information content (AvgIpc) is 3.24. The van der Waals surface area contributed by atoms with Crippen molar-refractivity contribution in [3.8, 4) is 0 Å². The first-order valence-electron chi connectivity index (χ1n) is 13.8. The molecular weight excluding hydrogens is 563 g/mol. The number of anilines is 1. The summed E-state index contributed by atoms with van der Waals surface area (Å²) in [6, 6.07) is 20.8. The molecular formula is C32H48N2O2Sn. The van der Waals surface area contributed by atoms with Gasteiger partial charge in [-0.1, -0.05) is 89.8 Å². The Morgan fingerprint density at radius 3 is 1.57 bits per heavy atom. The number of hydrogen-bond donors (Lipinski definition) is 1. The molecule has 4 rings (SSSR count). The van der Waals surface area contributed by atoms with E-state index >= 15 is 0 Å². The monoisotopic (exact) mass is 612 g/mol. The van der Waals surface area contributed by atoms with Crippen LogP contribution in [0.25, 0.3) is 10.8 Å². The summed E-state index contributed by atoms with van der Waals surface area (Å²) >= 11 is -2.03. The fraction of sp³-hybridized carbons (Fsp3) is 0.438. The van der Waals surface area contributed by atoms with Crippen LogP contribution in [-0.2, 0) is 9.59 Å². The van der Waals surface area contributed by atoms with Gasteiger partial charge in [-0.25, -0.2) is 0 Å². The molecule has 0 aromatic heterocycles. The van der Waals surface area contributed by atoms with Crippen molar-refractivity contribution in [2.45, 2.75) is 88.5 Å². The molecule has 1 fully saturated rings. The van der Waals surface area contributed by atoms with Crippen molar-refractivity contribution in [2.75, 3.05) is 5.01 Å². The van der Waals surface area contributed by atoms with Gasteiger partial charge in [0.2, 0.25) is 0 Å². The Labute approximate surface area is 229 Å². The van der Waals surface area contributed by atoms with E-state index in [1.807, 2.05) is 26.0 Å². The summed E-state index contributed by atoms with van der Waals surface area (Å²) in [4.78, 5) is 29.6. The summed E-state index contributed by atoms with van der Waals surface area (Å²) in [5.41, 5.74) is 5.99. The number of nitrogens with one attached hydrogen (secondary N) is 1. The first-order chi connectivity index (χ1) is 17.6. The average molecular weight is 611 g/mol. The third-order valence-electron chi connectivity index (χ3n) is 6.11.